The number of benzene rings is 1. The Morgan fingerprint density at radius 2 is 1.81 bits per heavy atom. The highest BCUT2D eigenvalue weighted by Crippen LogP contribution is 2.25. The van der Waals surface area contributed by atoms with E-state index in [1.54, 1.807) is 12.4 Å². The Labute approximate surface area is 188 Å². The van der Waals surface area contributed by atoms with Crippen molar-refractivity contribution >= 4 is 23.1 Å². The average Bonchev–Trinajstić information content (AvgIpc) is 2.84. The highest BCUT2D eigenvalue weighted by Gasteiger charge is 2.21. The lowest BCUT2D eigenvalue weighted by Gasteiger charge is -2.34. The first-order valence-electron chi connectivity index (χ1n) is 10.9. The summed E-state index contributed by atoms with van der Waals surface area (Å²) in [5.74, 6) is 0.562. The van der Waals surface area contributed by atoms with E-state index >= 15 is 0 Å². The number of aliphatic imine (C=N–C) groups is 1. The summed E-state index contributed by atoms with van der Waals surface area (Å²) in [6.45, 7) is 6.12. The maximum Gasteiger partial charge on any atom is 0.274 e. The number of hydrogen-bond donors (Lipinski definition) is 1. The van der Waals surface area contributed by atoms with Gasteiger partial charge in [-0.05, 0) is 43.8 Å². The van der Waals surface area contributed by atoms with Crippen LogP contribution in [0.3, 0.4) is 0 Å². The fraction of sp³-hybridized carbons (Fsp3) is 0.280. The summed E-state index contributed by atoms with van der Waals surface area (Å²) in [5.41, 5.74) is 3.87. The summed E-state index contributed by atoms with van der Waals surface area (Å²) in [7, 11) is 2.12. The molecular formula is C25H28N6O. The minimum Gasteiger partial charge on any atom is -0.352 e. The summed E-state index contributed by atoms with van der Waals surface area (Å²) < 4.78 is 0. The molecule has 1 aliphatic heterocycles. The average molecular weight is 429 g/mol. The van der Waals surface area contributed by atoms with E-state index in [2.05, 4.69) is 37.1 Å². The Morgan fingerprint density at radius 3 is 2.56 bits per heavy atom. The summed E-state index contributed by atoms with van der Waals surface area (Å²) in [4.78, 5) is 31.1. The largest absolute Gasteiger partial charge is 0.352 e. The Bertz CT molecular complexity index is 1090. The van der Waals surface area contributed by atoms with E-state index in [9.17, 15) is 4.79 Å². The first kappa shape index (κ1) is 21.6. The minimum absolute atomic E-state index is 0.237. The van der Waals surface area contributed by atoms with Gasteiger partial charge in [-0.25, -0.2) is 4.98 Å². The molecule has 7 nitrogen and oxygen atoms in total. The lowest BCUT2D eigenvalue weighted by molar-refractivity contribution is -0.110. The van der Waals surface area contributed by atoms with Crippen LogP contribution in [-0.2, 0) is 4.79 Å². The van der Waals surface area contributed by atoms with Crippen molar-refractivity contribution in [2.45, 2.75) is 6.92 Å². The molecule has 0 aliphatic carbocycles. The number of pyridine rings is 2. The van der Waals surface area contributed by atoms with Gasteiger partial charge in [0.15, 0.2) is 5.82 Å². The van der Waals surface area contributed by atoms with Crippen LogP contribution in [0, 0.1) is 0 Å². The van der Waals surface area contributed by atoms with E-state index in [1.807, 2.05) is 61.7 Å². The monoisotopic (exact) mass is 428 g/mol. The molecule has 3 aromatic rings. The van der Waals surface area contributed by atoms with Gasteiger partial charge in [-0.1, -0.05) is 24.3 Å². The Balaban J connectivity index is 1.59. The van der Waals surface area contributed by atoms with Crippen LogP contribution in [0.4, 0.5) is 11.5 Å². The third kappa shape index (κ3) is 5.00. The van der Waals surface area contributed by atoms with Crippen LogP contribution in [0.1, 0.15) is 12.5 Å². The number of piperazine rings is 1. The second-order valence-corrected chi connectivity index (χ2v) is 7.76. The van der Waals surface area contributed by atoms with Gasteiger partial charge in [0.1, 0.15) is 5.71 Å². The second-order valence-electron chi connectivity index (χ2n) is 7.76. The number of hydrogen-bond acceptors (Lipinski definition) is 6. The Morgan fingerprint density at radius 1 is 1.03 bits per heavy atom. The quantitative estimate of drug-likeness (QED) is 0.610. The van der Waals surface area contributed by atoms with Crippen molar-refractivity contribution in [2.75, 3.05) is 50.0 Å². The number of nitrogens with zero attached hydrogens (tertiary/aromatic N) is 5. The molecule has 1 amide bonds. The third-order valence-electron chi connectivity index (χ3n) is 5.50. The zero-order valence-electron chi connectivity index (χ0n) is 18.5. The fourth-order valence-corrected chi connectivity index (χ4v) is 3.78. The number of carbonyl (C=O) groups excluding carboxylic acids is 1. The molecule has 0 bridgehead atoms. The van der Waals surface area contributed by atoms with Gasteiger partial charge in [0.05, 0.1) is 5.69 Å². The van der Waals surface area contributed by atoms with Gasteiger partial charge in [-0.15, -0.1) is 0 Å². The van der Waals surface area contributed by atoms with Crippen LogP contribution >= 0.6 is 0 Å². The van der Waals surface area contributed by atoms with Crippen molar-refractivity contribution in [2.24, 2.45) is 4.99 Å². The van der Waals surface area contributed by atoms with Crippen LogP contribution in [0.15, 0.2) is 72.1 Å². The van der Waals surface area contributed by atoms with Gasteiger partial charge in [0.2, 0.25) is 0 Å². The molecule has 1 aliphatic rings. The summed E-state index contributed by atoms with van der Waals surface area (Å²) in [6, 6.07) is 15.5. The number of anilines is 2. The molecule has 32 heavy (non-hydrogen) atoms. The maximum atomic E-state index is 13.3. The lowest BCUT2D eigenvalue weighted by Crippen LogP contribution is -2.45. The maximum absolute atomic E-state index is 13.3. The van der Waals surface area contributed by atoms with E-state index < -0.39 is 0 Å². The van der Waals surface area contributed by atoms with Crippen LogP contribution in [0.5, 0.6) is 0 Å². The standard InChI is InChI=1S/C25H28N6O/c1-3-27-23(20-8-4-7-19(17-20)21-9-5-11-26-18-21)25(32)29-22-10-6-12-28-24(22)31-15-13-30(2)14-16-31/h4-12,17-18H,3,13-16H2,1-2H3,(H,29,32)/b27-23+. The lowest BCUT2D eigenvalue weighted by atomic mass is 10.0. The topological polar surface area (TPSA) is 73.7 Å². The minimum atomic E-state index is -0.237. The predicted octanol–water partition coefficient (Wildman–Crippen LogP) is 3.34. The Kier molecular flexibility index (Phi) is 6.87. The van der Waals surface area contributed by atoms with Gasteiger partial charge in [0.25, 0.3) is 5.91 Å². The van der Waals surface area contributed by atoms with Crippen LogP contribution < -0.4 is 10.2 Å². The molecule has 0 unspecified atom stereocenters. The summed E-state index contributed by atoms with van der Waals surface area (Å²) in [5, 5.41) is 3.06. The van der Waals surface area contributed by atoms with E-state index in [4.69, 9.17) is 0 Å². The van der Waals surface area contributed by atoms with Crippen molar-refractivity contribution in [3.8, 4) is 11.1 Å². The highest BCUT2D eigenvalue weighted by molar-refractivity contribution is 6.49. The van der Waals surface area contributed by atoms with Crippen LogP contribution in [0.2, 0.25) is 0 Å². The van der Waals surface area contributed by atoms with E-state index in [0.717, 1.165) is 48.7 Å². The van der Waals surface area contributed by atoms with Crippen molar-refractivity contribution in [3.63, 3.8) is 0 Å². The van der Waals surface area contributed by atoms with Crippen molar-refractivity contribution in [3.05, 3.63) is 72.7 Å². The van der Waals surface area contributed by atoms with Crippen LogP contribution in [-0.4, -0.2) is 66.3 Å². The molecular weight excluding hydrogens is 400 g/mol. The van der Waals surface area contributed by atoms with Crippen molar-refractivity contribution in [1.82, 2.24) is 14.9 Å². The number of rotatable bonds is 6. The first-order valence-corrected chi connectivity index (χ1v) is 10.9. The molecule has 1 saturated heterocycles. The Hall–Kier alpha value is -3.58. The van der Waals surface area contributed by atoms with Gasteiger partial charge in [-0.2, -0.15) is 0 Å². The van der Waals surface area contributed by atoms with Gasteiger partial charge in [0, 0.05) is 62.4 Å². The number of aromatic nitrogens is 2. The van der Waals surface area contributed by atoms with Gasteiger partial charge < -0.3 is 15.1 Å². The van der Waals surface area contributed by atoms with Gasteiger partial charge >= 0.3 is 0 Å². The molecule has 164 valence electrons. The molecule has 4 rings (SSSR count). The number of carbonyl (C=O) groups is 1. The first-order chi connectivity index (χ1) is 15.7. The molecule has 0 radical (unpaired) electrons. The number of likely N-dealkylation sites (N-methyl/N-ethyl adjacent to an activating group) is 1. The molecule has 0 saturated carbocycles. The van der Waals surface area contributed by atoms with Crippen LogP contribution in [0.25, 0.3) is 11.1 Å². The normalized spacial score (nSPS) is 14.9. The van der Waals surface area contributed by atoms with Crippen molar-refractivity contribution in [1.29, 1.82) is 0 Å². The molecule has 7 heteroatoms. The molecule has 1 N–H and O–H groups in total. The van der Waals surface area contributed by atoms with Gasteiger partial charge in [-0.3, -0.25) is 14.8 Å². The van der Waals surface area contributed by atoms with E-state index in [1.165, 1.54) is 0 Å². The number of nitrogens with one attached hydrogen (secondary N) is 1. The van der Waals surface area contributed by atoms with E-state index in [-0.39, 0.29) is 5.91 Å². The molecule has 0 atom stereocenters. The fourth-order valence-electron chi connectivity index (χ4n) is 3.78. The third-order valence-corrected chi connectivity index (χ3v) is 5.50. The van der Waals surface area contributed by atoms with E-state index in [0.29, 0.717) is 17.9 Å². The highest BCUT2D eigenvalue weighted by atomic mass is 16.1. The molecule has 2 aromatic heterocycles. The SMILES string of the molecule is CC/N=C(/C(=O)Nc1cccnc1N1CCN(C)CC1)c1cccc(-c2cccnc2)c1. The smallest absolute Gasteiger partial charge is 0.274 e. The molecule has 0 spiro atoms. The van der Waals surface area contributed by atoms with Crippen molar-refractivity contribution < 1.29 is 4.79 Å². The number of amides is 1. The summed E-state index contributed by atoms with van der Waals surface area (Å²) in [6.07, 6.45) is 5.33. The zero-order chi connectivity index (χ0) is 22.3. The molecule has 1 fully saturated rings. The second kappa shape index (κ2) is 10.2. The molecule has 1 aromatic carbocycles. The molecule has 3 heterocycles. The zero-order valence-corrected chi connectivity index (χ0v) is 18.5. The predicted molar refractivity (Wildman–Crippen MR) is 129 cm³/mol. The summed E-state index contributed by atoms with van der Waals surface area (Å²) >= 11 is 0.